The van der Waals surface area contributed by atoms with Crippen molar-refractivity contribution in [2.24, 2.45) is 0 Å². The number of carbonyl (C=O) groups is 1. The predicted molar refractivity (Wildman–Crippen MR) is 70.3 cm³/mol. The number of nitrogens with zero attached hydrogens (tertiary/aromatic N) is 1. The minimum absolute atomic E-state index is 0.0198. The molecule has 1 aromatic rings. The Kier molecular flexibility index (Phi) is 5.53. The average Bonchev–Trinajstić information content (AvgIpc) is 2.36. The fourth-order valence-electron chi connectivity index (χ4n) is 1.56. The van der Waals surface area contributed by atoms with Crippen LogP contribution in [-0.2, 0) is 4.74 Å². The summed E-state index contributed by atoms with van der Waals surface area (Å²) in [4.78, 5) is 13.4. The molecule has 1 amide bonds. The molecule has 0 aliphatic rings. The number of carbonyl (C=O) groups excluding carboxylic acids is 1. The zero-order valence-electron chi connectivity index (χ0n) is 10.8. The first-order chi connectivity index (χ1) is 8.15. The molecule has 0 N–H and O–H groups in total. The maximum absolute atomic E-state index is 11.8. The van der Waals surface area contributed by atoms with E-state index < -0.39 is 0 Å². The Hall–Kier alpha value is -1.51. The highest BCUT2D eigenvalue weighted by Gasteiger charge is 2.14. The first-order valence-electron chi connectivity index (χ1n) is 6.14. The molecule has 94 valence electrons. The van der Waals surface area contributed by atoms with Crippen LogP contribution in [-0.4, -0.2) is 19.2 Å². The van der Waals surface area contributed by atoms with Gasteiger partial charge in [0.05, 0.1) is 0 Å². The van der Waals surface area contributed by atoms with Crippen LogP contribution >= 0.6 is 0 Å². The fourth-order valence-corrected chi connectivity index (χ4v) is 1.56. The zero-order chi connectivity index (χ0) is 12.7. The van der Waals surface area contributed by atoms with Crippen LogP contribution in [0, 0.1) is 0 Å². The average molecular weight is 235 g/mol. The number of para-hydroxylation sites is 1. The summed E-state index contributed by atoms with van der Waals surface area (Å²) in [6.07, 6.45) is 2.82. The summed E-state index contributed by atoms with van der Waals surface area (Å²) in [5.41, 5.74) is 0.847. The van der Waals surface area contributed by atoms with E-state index in [2.05, 4.69) is 6.92 Å². The van der Waals surface area contributed by atoms with E-state index in [9.17, 15) is 4.79 Å². The van der Waals surface area contributed by atoms with E-state index >= 15 is 0 Å². The van der Waals surface area contributed by atoms with Crippen molar-refractivity contribution in [1.82, 2.24) is 0 Å². The highest BCUT2D eigenvalue weighted by atomic mass is 16.6. The number of benzene rings is 1. The van der Waals surface area contributed by atoms with Crippen LogP contribution < -0.4 is 4.90 Å². The first-order valence-corrected chi connectivity index (χ1v) is 6.14. The Balaban J connectivity index is 2.47. The lowest BCUT2D eigenvalue weighted by Crippen LogP contribution is -2.30. The molecule has 0 heterocycles. The van der Waals surface area contributed by atoms with Gasteiger partial charge in [0, 0.05) is 12.7 Å². The monoisotopic (exact) mass is 235 g/mol. The summed E-state index contributed by atoms with van der Waals surface area (Å²) in [5, 5.41) is 0. The quantitative estimate of drug-likeness (QED) is 0.776. The molecule has 0 radical (unpaired) electrons. The van der Waals surface area contributed by atoms with Crippen LogP contribution in [0.2, 0.25) is 0 Å². The highest BCUT2D eigenvalue weighted by Crippen LogP contribution is 2.14. The van der Waals surface area contributed by atoms with Gasteiger partial charge in [-0.05, 0) is 25.5 Å². The van der Waals surface area contributed by atoms with Gasteiger partial charge >= 0.3 is 6.09 Å². The normalized spacial score (nSPS) is 11.9. The third-order valence-electron chi connectivity index (χ3n) is 2.68. The van der Waals surface area contributed by atoms with Crippen molar-refractivity contribution in [2.75, 3.05) is 11.9 Å². The Labute approximate surface area is 103 Å². The van der Waals surface area contributed by atoms with Gasteiger partial charge in [0.2, 0.25) is 0 Å². The van der Waals surface area contributed by atoms with Gasteiger partial charge in [-0.3, -0.25) is 4.90 Å². The Morgan fingerprint density at radius 1 is 1.35 bits per heavy atom. The van der Waals surface area contributed by atoms with Gasteiger partial charge in [0.15, 0.2) is 0 Å². The van der Waals surface area contributed by atoms with Gasteiger partial charge in [0.1, 0.15) is 6.10 Å². The van der Waals surface area contributed by atoms with Gasteiger partial charge in [-0.1, -0.05) is 38.0 Å². The number of ether oxygens (including phenoxy) is 1. The highest BCUT2D eigenvalue weighted by molar-refractivity contribution is 5.86. The van der Waals surface area contributed by atoms with Crippen LogP contribution in [0.4, 0.5) is 10.5 Å². The lowest BCUT2D eigenvalue weighted by atomic mass is 10.2. The van der Waals surface area contributed by atoms with Gasteiger partial charge in [-0.25, -0.2) is 4.79 Å². The lowest BCUT2D eigenvalue weighted by molar-refractivity contribution is 0.108. The molecule has 0 saturated carbocycles. The van der Waals surface area contributed by atoms with Crippen LogP contribution in [0.25, 0.3) is 0 Å². The first kappa shape index (κ1) is 13.6. The van der Waals surface area contributed by atoms with E-state index in [1.807, 2.05) is 37.3 Å². The van der Waals surface area contributed by atoms with Crippen molar-refractivity contribution >= 4 is 11.8 Å². The topological polar surface area (TPSA) is 29.5 Å². The minimum Gasteiger partial charge on any atom is -0.446 e. The summed E-state index contributed by atoms with van der Waals surface area (Å²) in [6.45, 7) is 4.07. The zero-order valence-corrected chi connectivity index (χ0v) is 10.8. The van der Waals surface area contributed by atoms with Crippen LogP contribution in [0.5, 0.6) is 0 Å². The van der Waals surface area contributed by atoms with Crippen molar-refractivity contribution in [3.63, 3.8) is 0 Å². The van der Waals surface area contributed by atoms with E-state index in [-0.39, 0.29) is 12.2 Å². The molecule has 0 saturated heterocycles. The molecule has 1 rings (SSSR count). The molecule has 0 bridgehead atoms. The standard InChI is InChI=1S/C14H21NO2/c1-4-5-9-12(2)17-14(16)15(3)13-10-7-6-8-11-13/h6-8,10-12H,4-5,9H2,1-3H3. The third-order valence-corrected chi connectivity index (χ3v) is 2.68. The second-order valence-corrected chi connectivity index (χ2v) is 4.23. The van der Waals surface area contributed by atoms with E-state index in [0.29, 0.717) is 0 Å². The number of hydrogen-bond acceptors (Lipinski definition) is 2. The largest absolute Gasteiger partial charge is 0.446 e. The van der Waals surface area contributed by atoms with E-state index in [0.717, 1.165) is 24.9 Å². The fraction of sp³-hybridized carbons (Fsp3) is 0.500. The molecule has 1 atom stereocenters. The van der Waals surface area contributed by atoms with Crippen molar-refractivity contribution < 1.29 is 9.53 Å². The molecular formula is C14H21NO2. The Bertz CT molecular complexity index is 337. The van der Waals surface area contributed by atoms with Crippen molar-refractivity contribution in [1.29, 1.82) is 0 Å². The van der Waals surface area contributed by atoms with Crippen molar-refractivity contribution in [3.8, 4) is 0 Å². The Morgan fingerprint density at radius 2 is 2.00 bits per heavy atom. The molecule has 0 spiro atoms. The van der Waals surface area contributed by atoms with Gasteiger partial charge < -0.3 is 4.74 Å². The summed E-state index contributed by atoms with van der Waals surface area (Å²) >= 11 is 0. The summed E-state index contributed by atoms with van der Waals surface area (Å²) in [6, 6.07) is 9.50. The third kappa shape index (κ3) is 4.47. The van der Waals surface area contributed by atoms with Gasteiger partial charge in [0.25, 0.3) is 0 Å². The number of amides is 1. The van der Waals surface area contributed by atoms with Crippen LogP contribution in [0.1, 0.15) is 33.1 Å². The SMILES string of the molecule is CCCCC(C)OC(=O)N(C)c1ccccc1. The van der Waals surface area contributed by atoms with Gasteiger partial charge in [-0.2, -0.15) is 0 Å². The molecule has 0 aromatic heterocycles. The summed E-state index contributed by atoms with van der Waals surface area (Å²) in [5.74, 6) is 0. The Morgan fingerprint density at radius 3 is 2.59 bits per heavy atom. The van der Waals surface area contributed by atoms with Crippen LogP contribution in [0.3, 0.4) is 0 Å². The number of hydrogen-bond donors (Lipinski definition) is 0. The number of unbranched alkanes of at least 4 members (excludes halogenated alkanes) is 1. The lowest BCUT2D eigenvalue weighted by Gasteiger charge is -2.20. The molecule has 0 aliphatic heterocycles. The molecule has 0 fully saturated rings. The van der Waals surface area contributed by atoms with Crippen molar-refractivity contribution in [3.05, 3.63) is 30.3 Å². The van der Waals surface area contributed by atoms with Crippen molar-refractivity contribution in [2.45, 2.75) is 39.2 Å². The maximum Gasteiger partial charge on any atom is 0.414 e. The minimum atomic E-state index is -0.292. The number of rotatable bonds is 5. The molecular weight excluding hydrogens is 214 g/mol. The van der Waals surface area contributed by atoms with E-state index in [4.69, 9.17) is 4.74 Å². The second-order valence-electron chi connectivity index (χ2n) is 4.23. The maximum atomic E-state index is 11.8. The van der Waals surface area contributed by atoms with Gasteiger partial charge in [-0.15, -0.1) is 0 Å². The smallest absolute Gasteiger partial charge is 0.414 e. The second kappa shape index (κ2) is 6.94. The predicted octanol–water partition coefficient (Wildman–Crippen LogP) is 3.84. The van der Waals surface area contributed by atoms with E-state index in [1.165, 1.54) is 4.90 Å². The molecule has 3 heteroatoms. The summed E-state index contributed by atoms with van der Waals surface area (Å²) in [7, 11) is 1.73. The molecule has 3 nitrogen and oxygen atoms in total. The van der Waals surface area contributed by atoms with Crippen LogP contribution in [0.15, 0.2) is 30.3 Å². The molecule has 1 aromatic carbocycles. The summed E-state index contributed by atoms with van der Waals surface area (Å²) < 4.78 is 5.36. The van der Waals surface area contributed by atoms with E-state index in [1.54, 1.807) is 7.05 Å². The molecule has 0 aliphatic carbocycles. The molecule has 1 unspecified atom stereocenters. The number of anilines is 1. The molecule has 17 heavy (non-hydrogen) atoms.